The third kappa shape index (κ3) is 2.64. The zero-order chi connectivity index (χ0) is 15.0. The van der Waals surface area contributed by atoms with E-state index in [4.69, 9.17) is 15.5 Å². The van der Waals surface area contributed by atoms with Crippen LogP contribution in [0.2, 0.25) is 0 Å². The molecule has 2 heterocycles. The van der Waals surface area contributed by atoms with Gasteiger partial charge >= 0.3 is 0 Å². The molecule has 0 saturated carbocycles. The molecule has 0 bridgehead atoms. The van der Waals surface area contributed by atoms with E-state index in [9.17, 15) is 0 Å². The number of benzene rings is 1. The van der Waals surface area contributed by atoms with Crippen molar-refractivity contribution in [2.75, 3.05) is 18.9 Å². The number of anilines is 1. The summed E-state index contributed by atoms with van der Waals surface area (Å²) in [5, 5.41) is 0. The molecular weight excluding hydrogens is 262 g/mol. The van der Waals surface area contributed by atoms with Crippen LogP contribution in [0.3, 0.4) is 0 Å². The second-order valence-electron chi connectivity index (χ2n) is 6.43. The Morgan fingerprint density at radius 2 is 1.95 bits per heavy atom. The van der Waals surface area contributed by atoms with Crippen molar-refractivity contribution in [2.24, 2.45) is 5.92 Å². The van der Waals surface area contributed by atoms with Gasteiger partial charge in [0.1, 0.15) is 5.82 Å². The fourth-order valence-electron chi connectivity index (χ4n) is 3.38. The average molecular weight is 287 g/mol. The highest BCUT2D eigenvalue weighted by Gasteiger charge is 2.26. The number of imidazole rings is 1. The van der Waals surface area contributed by atoms with E-state index in [0.29, 0.717) is 17.9 Å². The van der Waals surface area contributed by atoms with E-state index in [2.05, 4.69) is 31.4 Å². The quantitative estimate of drug-likeness (QED) is 0.875. The Hall–Kier alpha value is -1.55. The molecule has 1 aromatic carbocycles. The van der Waals surface area contributed by atoms with Crippen molar-refractivity contribution < 1.29 is 4.74 Å². The molecule has 21 heavy (non-hydrogen) atoms. The maximum absolute atomic E-state index is 5.91. The molecule has 2 N–H and O–H groups in total. The Balaban J connectivity index is 2.07. The van der Waals surface area contributed by atoms with Crippen LogP contribution in [0.1, 0.15) is 51.4 Å². The molecular formula is C17H25N3O. The topological polar surface area (TPSA) is 53.1 Å². The van der Waals surface area contributed by atoms with Crippen LogP contribution in [0.25, 0.3) is 11.0 Å². The second-order valence-corrected chi connectivity index (χ2v) is 6.43. The molecule has 0 amide bonds. The lowest BCUT2D eigenvalue weighted by molar-refractivity contribution is 0.0514. The van der Waals surface area contributed by atoms with E-state index in [1.165, 1.54) is 5.52 Å². The first-order valence-electron chi connectivity index (χ1n) is 7.93. The lowest BCUT2D eigenvalue weighted by Gasteiger charge is -2.30. The number of fused-ring (bicyclic) bond motifs is 1. The molecule has 1 unspecified atom stereocenters. The van der Waals surface area contributed by atoms with E-state index in [1.54, 1.807) is 0 Å². The fraction of sp³-hybridized carbons (Fsp3) is 0.588. The van der Waals surface area contributed by atoms with E-state index in [-0.39, 0.29) is 0 Å². The smallest absolute Gasteiger partial charge is 0.112 e. The van der Waals surface area contributed by atoms with Crippen molar-refractivity contribution in [3.8, 4) is 0 Å². The summed E-state index contributed by atoms with van der Waals surface area (Å²) in [6.45, 7) is 8.49. The summed E-state index contributed by atoms with van der Waals surface area (Å²) in [6, 6.07) is 6.51. The van der Waals surface area contributed by atoms with Crippen LogP contribution >= 0.6 is 0 Å². The minimum Gasteiger partial charge on any atom is -0.399 e. The highest BCUT2D eigenvalue weighted by molar-refractivity contribution is 5.80. The summed E-state index contributed by atoms with van der Waals surface area (Å²) in [6.07, 6.45) is 2.26. The first-order valence-corrected chi connectivity index (χ1v) is 7.93. The van der Waals surface area contributed by atoms with Crippen molar-refractivity contribution in [3.63, 3.8) is 0 Å². The minimum atomic E-state index is 0.404. The number of nitrogen functional groups attached to an aromatic ring is 1. The number of ether oxygens (including phenoxy) is 1. The van der Waals surface area contributed by atoms with Gasteiger partial charge in [-0.2, -0.15) is 0 Å². The van der Waals surface area contributed by atoms with Gasteiger partial charge in [-0.05, 0) is 43.9 Å². The van der Waals surface area contributed by atoms with E-state index in [0.717, 1.165) is 43.1 Å². The van der Waals surface area contributed by atoms with Crippen LogP contribution in [0, 0.1) is 5.92 Å². The maximum Gasteiger partial charge on any atom is 0.112 e. The van der Waals surface area contributed by atoms with Crippen LogP contribution in [0.4, 0.5) is 5.69 Å². The summed E-state index contributed by atoms with van der Waals surface area (Å²) in [5.41, 5.74) is 8.90. The second kappa shape index (κ2) is 5.68. The molecule has 0 aliphatic carbocycles. The summed E-state index contributed by atoms with van der Waals surface area (Å²) >= 11 is 0. The highest BCUT2D eigenvalue weighted by atomic mass is 16.5. The number of hydrogen-bond acceptors (Lipinski definition) is 3. The molecule has 1 saturated heterocycles. The van der Waals surface area contributed by atoms with Crippen LogP contribution in [-0.4, -0.2) is 22.8 Å². The van der Waals surface area contributed by atoms with Crippen molar-refractivity contribution in [1.29, 1.82) is 0 Å². The molecule has 1 atom stereocenters. The molecule has 114 valence electrons. The summed E-state index contributed by atoms with van der Waals surface area (Å²) in [5.74, 6) is 2.22. The Kier molecular flexibility index (Phi) is 3.89. The van der Waals surface area contributed by atoms with Crippen LogP contribution in [0.5, 0.6) is 0 Å². The van der Waals surface area contributed by atoms with Gasteiger partial charge in [-0.1, -0.05) is 13.8 Å². The molecule has 0 radical (unpaired) electrons. The molecule has 1 fully saturated rings. The Bertz CT molecular complexity index is 626. The van der Waals surface area contributed by atoms with Crippen LogP contribution in [-0.2, 0) is 4.74 Å². The van der Waals surface area contributed by atoms with Gasteiger partial charge < -0.3 is 15.0 Å². The normalized spacial score (nSPS) is 18.5. The number of nitrogens with two attached hydrogens (primary N) is 1. The van der Waals surface area contributed by atoms with Crippen molar-refractivity contribution >= 4 is 16.7 Å². The van der Waals surface area contributed by atoms with Crippen LogP contribution in [0.15, 0.2) is 18.2 Å². The molecule has 2 aromatic rings. The number of hydrogen-bond donors (Lipinski definition) is 1. The van der Waals surface area contributed by atoms with Gasteiger partial charge in [-0.25, -0.2) is 4.98 Å². The van der Waals surface area contributed by atoms with Gasteiger partial charge in [0.05, 0.1) is 11.0 Å². The van der Waals surface area contributed by atoms with Gasteiger partial charge in [-0.3, -0.25) is 0 Å². The Labute approximate surface area is 126 Å². The Morgan fingerprint density at radius 3 is 2.62 bits per heavy atom. The lowest BCUT2D eigenvalue weighted by atomic mass is 9.92. The molecule has 1 aromatic heterocycles. The molecule has 3 rings (SSSR count). The van der Waals surface area contributed by atoms with E-state index < -0.39 is 0 Å². The summed E-state index contributed by atoms with van der Waals surface area (Å²) in [4.78, 5) is 4.84. The first-order chi connectivity index (χ1) is 10.1. The van der Waals surface area contributed by atoms with Gasteiger partial charge in [0.25, 0.3) is 0 Å². The SMILES string of the molecule is CC(C)c1nc2cc(N)ccc2n1C(C)C1CCOCC1. The number of aromatic nitrogens is 2. The number of nitrogens with zero attached hydrogens (tertiary/aromatic N) is 2. The zero-order valence-corrected chi connectivity index (χ0v) is 13.2. The van der Waals surface area contributed by atoms with E-state index >= 15 is 0 Å². The monoisotopic (exact) mass is 287 g/mol. The van der Waals surface area contributed by atoms with Gasteiger partial charge in [-0.15, -0.1) is 0 Å². The van der Waals surface area contributed by atoms with Gasteiger partial charge in [0.15, 0.2) is 0 Å². The van der Waals surface area contributed by atoms with Crippen molar-refractivity contribution in [3.05, 3.63) is 24.0 Å². The molecule has 4 heteroatoms. The predicted molar refractivity (Wildman–Crippen MR) is 86.5 cm³/mol. The predicted octanol–water partition coefficient (Wildman–Crippen LogP) is 3.73. The standard InChI is InChI=1S/C17H25N3O/c1-11(2)17-19-15-10-14(18)4-5-16(15)20(17)12(3)13-6-8-21-9-7-13/h4-5,10-13H,6-9,18H2,1-3H3. The molecule has 1 aliphatic rings. The molecule has 0 spiro atoms. The van der Waals surface area contributed by atoms with Crippen molar-refractivity contribution in [2.45, 2.75) is 45.6 Å². The molecule has 1 aliphatic heterocycles. The maximum atomic E-state index is 5.91. The van der Waals surface area contributed by atoms with E-state index in [1.807, 2.05) is 12.1 Å². The summed E-state index contributed by atoms with van der Waals surface area (Å²) < 4.78 is 7.93. The highest BCUT2D eigenvalue weighted by Crippen LogP contribution is 2.34. The third-order valence-electron chi connectivity index (χ3n) is 4.61. The largest absolute Gasteiger partial charge is 0.399 e. The Morgan fingerprint density at radius 1 is 1.24 bits per heavy atom. The summed E-state index contributed by atoms with van der Waals surface area (Å²) in [7, 11) is 0. The average Bonchev–Trinajstić information content (AvgIpc) is 2.86. The lowest BCUT2D eigenvalue weighted by Crippen LogP contribution is -2.25. The number of rotatable bonds is 3. The zero-order valence-electron chi connectivity index (χ0n) is 13.2. The van der Waals surface area contributed by atoms with Crippen LogP contribution < -0.4 is 5.73 Å². The fourth-order valence-corrected chi connectivity index (χ4v) is 3.38. The van der Waals surface area contributed by atoms with Gasteiger partial charge in [0, 0.05) is 30.9 Å². The van der Waals surface area contributed by atoms with Gasteiger partial charge in [0.2, 0.25) is 0 Å². The first kappa shape index (κ1) is 14.4. The molecule has 4 nitrogen and oxygen atoms in total. The third-order valence-corrected chi connectivity index (χ3v) is 4.61. The minimum absolute atomic E-state index is 0.404. The van der Waals surface area contributed by atoms with Crippen molar-refractivity contribution in [1.82, 2.24) is 9.55 Å².